The molecule has 202 valence electrons. The molecule has 1 aliphatic heterocycles. The van der Waals surface area contributed by atoms with E-state index in [0.717, 1.165) is 0 Å². The first-order valence-electron chi connectivity index (χ1n) is 12.4. The van der Waals surface area contributed by atoms with Crippen LogP contribution in [0.3, 0.4) is 0 Å². The second-order valence-corrected chi connectivity index (χ2v) is 11.1. The van der Waals surface area contributed by atoms with Crippen molar-refractivity contribution in [1.29, 1.82) is 0 Å². The van der Waals surface area contributed by atoms with Crippen LogP contribution in [0.4, 0.5) is 27.1 Å². The zero-order valence-corrected chi connectivity index (χ0v) is 22.6. The van der Waals surface area contributed by atoms with Gasteiger partial charge in [0.1, 0.15) is 28.7 Å². The number of furan rings is 1. The van der Waals surface area contributed by atoms with Gasteiger partial charge >= 0.3 is 0 Å². The number of fused-ring (bicyclic) bond motifs is 1. The predicted octanol–water partition coefficient (Wildman–Crippen LogP) is 5.57. The van der Waals surface area contributed by atoms with Crippen LogP contribution in [0.2, 0.25) is 5.02 Å². The van der Waals surface area contributed by atoms with Gasteiger partial charge in [0.2, 0.25) is 0 Å². The number of carbonyl (C=O) groups is 1. The van der Waals surface area contributed by atoms with Crippen LogP contribution in [0.1, 0.15) is 59.8 Å². The zero-order valence-electron chi connectivity index (χ0n) is 21.8. The molecule has 2 heterocycles. The van der Waals surface area contributed by atoms with E-state index in [-0.39, 0.29) is 41.3 Å². The van der Waals surface area contributed by atoms with Crippen molar-refractivity contribution in [3.05, 3.63) is 102 Å². The molecule has 1 aliphatic rings. The highest BCUT2D eigenvalue weighted by Gasteiger charge is 2.37. The van der Waals surface area contributed by atoms with Gasteiger partial charge in [-0.15, -0.1) is 0 Å². The first-order chi connectivity index (χ1) is 18.4. The molecule has 0 aliphatic carbocycles. The Bertz CT molecular complexity index is 1680. The van der Waals surface area contributed by atoms with Crippen molar-refractivity contribution in [3.8, 4) is 0 Å². The summed E-state index contributed by atoms with van der Waals surface area (Å²) in [5, 5.41) is 16.3. The second kappa shape index (κ2) is 9.66. The van der Waals surface area contributed by atoms with Gasteiger partial charge in [-0.1, -0.05) is 32.4 Å². The number of benzene rings is 2. The molecule has 0 bridgehead atoms. The molecule has 5 rings (SSSR count). The van der Waals surface area contributed by atoms with Crippen molar-refractivity contribution >= 4 is 40.3 Å². The Morgan fingerprint density at radius 3 is 2.44 bits per heavy atom. The van der Waals surface area contributed by atoms with Crippen LogP contribution in [-0.2, 0) is 13.2 Å². The van der Waals surface area contributed by atoms with Crippen LogP contribution in [0.15, 0.2) is 56.5 Å². The Kier molecular flexibility index (Phi) is 6.60. The minimum Gasteiger partial charge on any atom is -0.464 e. The number of halogens is 2. The summed E-state index contributed by atoms with van der Waals surface area (Å²) in [6.45, 7) is 7.28. The summed E-state index contributed by atoms with van der Waals surface area (Å²) in [5.41, 5.74) is -0.614. The molecule has 1 atom stereocenters. The Hall–Kier alpha value is -3.95. The van der Waals surface area contributed by atoms with Crippen molar-refractivity contribution < 1.29 is 18.7 Å². The molecule has 10 heteroatoms. The van der Waals surface area contributed by atoms with Gasteiger partial charge in [0, 0.05) is 21.8 Å². The molecular weight excluding hydrogens is 525 g/mol. The zero-order chi connectivity index (χ0) is 28.2. The first kappa shape index (κ1) is 26.6. The molecule has 0 unspecified atom stereocenters. The quantitative estimate of drug-likeness (QED) is 0.257. The molecule has 0 saturated carbocycles. The van der Waals surface area contributed by atoms with Crippen LogP contribution < -0.4 is 26.4 Å². The number of aliphatic hydroxyl groups excluding tert-OH is 1. The van der Waals surface area contributed by atoms with E-state index in [0.29, 0.717) is 27.8 Å². The summed E-state index contributed by atoms with van der Waals surface area (Å²) in [4.78, 5) is 40.2. The molecule has 39 heavy (non-hydrogen) atoms. The van der Waals surface area contributed by atoms with Gasteiger partial charge in [0.25, 0.3) is 16.8 Å². The maximum absolute atomic E-state index is 14.9. The monoisotopic (exact) mass is 551 g/mol. The first-order valence-corrected chi connectivity index (χ1v) is 12.7. The van der Waals surface area contributed by atoms with E-state index >= 15 is 0 Å². The normalized spacial score (nSPS) is 14.1. The van der Waals surface area contributed by atoms with Gasteiger partial charge in [-0.05, 0) is 54.8 Å². The maximum Gasteiger partial charge on any atom is 0.261 e. The number of nitrogens with one attached hydrogen (secondary N) is 2. The number of hydrogen-bond acceptors (Lipinski definition) is 7. The van der Waals surface area contributed by atoms with Crippen molar-refractivity contribution in [1.82, 2.24) is 0 Å². The number of aryl methyl sites for hydroxylation is 1. The highest BCUT2D eigenvalue weighted by atomic mass is 35.5. The van der Waals surface area contributed by atoms with Crippen LogP contribution in [0, 0.1) is 18.2 Å². The lowest BCUT2D eigenvalue weighted by Gasteiger charge is -2.31. The van der Waals surface area contributed by atoms with Gasteiger partial charge in [-0.2, -0.15) is 0 Å². The van der Waals surface area contributed by atoms with E-state index in [1.54, 1.807) is 12.1 Å². The van der Waals surface area contributed by atoms with Gasteiger partial charge < -0.3 is 25.1 Å². The summed E-state index contributed by atoms with van der Waals surface area (Å²) in [5.74, 6) is 0.209. The van der Waals surface area contributed by atoms with Gasteiger partial charge in [-0.3, -0.25) is 14.4 Å². The standard InChI is InChI=1S/C29H27ClFN3O5/c1-14-5-10-21(39-14)27(29(2,3)4)33-24-23(25(36)26(24)37)32-19-8-7-18(31)17-12-34(28(38)22(17)19)20-9-6-16(30)11-15(20)13-35/h5-11,27,32-33,35H,12-13H2,1-4H3/t27-/m0/s1. The number of hydrogen-bond donors (Lipinski definition) is 3. The highest BCUT2D eigenvalue weighted by molar-refractivity contribution is 6.30. The average Bonchev–Trinajstić information content (AvgIpc) is 3.47. The van der Waals surface area contributed by atoms with E-state index < -0.39 is 34.0 Å². The third-order valence-electron chi connectivity index (χ3n) is 6.90. The maximum atomic E-state index is 14.9. The number of rotatable bonds is 7. The summed E-state index contributed by atoms with van der Waals surface area (Å²) in [6, 6.07) is 10.5. The third-order valence-corrected chi connectivity index (χ3v) is 7.14. The molecule has 0 saturated heterocycles. The lowest BCUT2D eigenvalue weighted by molar-refractivity contribution is 0.0997. The van der Waals surface area contributed by atoms with Crippen molar-refractivity contribution in [2.75, 3.05) is 15.5 Å². The minimum atomic E-state index is -0.749. The van der Waals surface area contributed by atoms with Gasteiger partial charge in [0.15, 0.2) is 0 Å². The topological polar surface area (TPSA) is 112 Å². The molecule has 1 aromatic heterocycles. The smallest absolute Gasteiger partial charge is 0.261 e. The summed E-state index contributed by atoms with van der Waals surface area (Å²) in [6.07, 6.45) is 0. The minimum absolute atomic E-state index is 0.0138. The average molecular weight is 552 g/mol. The Labute approximate surface area is 228 Å². The van der Waals surface area contributed by atoms with E-state index in [2.05, 4.69) is 10.6 Å². The fourth-order valence-electron chi connectivity index (χ4n) is 4.88. The Morgan fingerprint density at radius 2 is 1.79 bits per heavy atom. The summed E-state index contributed by atoms with van der Waals surface area (Å²) >= 11 is 6.04. The fourth-order valence-corrected chi connectivity index (χ4v) is 5.07. The fraction of sp³-hybridized carbons (Fsp3) is 0.276. The molecule has 0 radical (unpaired) electrons. The number of nitrogens with zero attached hydrogens (tertiary/aromatic N) is 1. The van der Waals surface area contributed by atoms with Crippen LogP contribution in [0.25, 0.3) is 0 Å². The SMILES string of the molecule is Cc1ccc([C@H](Nc2c(Nc3ccc(F)c4c3C(=O)N(c3ccc(Cl)cc3CO)C4)c(=O)c2=O)C(C)(C)C)o1. The lowest BCUT2D eigenvalue weighted by Crippen LogP contribution is -2.39. The third kappa shape index (κ3) is 4.62. The van der Waals surface area contributed by atoms with Crippen molar-refractivity contribution in [3.63, 3.8) is 0 Å². The van der Waals surface area contributed by atoms with Gasteiger partial charge in [-0.25, -0.2) is 4.39 Å². The summed E-state index contributed by atoms with van der Waals surface area (Å²) < 4.78 is 20.7. The van der Waals surface area contributed by atoms with Crippen LogP contribution in [-0.4, -0.2) is 11.0 Å². The highest BCUT2D eigenvalue weighted by Crippen LogP contribution is 2.40. The molecule has 3 aromatic carbocycles. The van der Waals surface area contributed by atoms with Crippen LogP contribution in [0.5, 0.6) is 0 Å². The van der Waals surface area contributed by atoms with Crippen molar-refractivity contribution in [2.24, 2.45) is 5.41 Å². The molecular formula is C29H27ClFN3O5. The van der Waals surface area contributed by atoms with E-state index in [4.69, 9.17) is 16.0 Å². The van der Waals surface area contributed by atoms with Gasteiger partial charge in [0.05, 0.1) is 30.4 Å². The second-order valence-electron chi connectivity index (χ2n) is 10.7. The number of carbonyl (C=O) groups excluding carboxylic acids is 1. The summed E-state index contributed by atoms with van der Waals surface area (Å²) in [7, 11) is 0. The molecule has 4 aromatic rings. The lowest BCUT2D eigenvalue weighted by atomic mass is 9.85. The number of amides is 1. The van der Waals surface area contributed by atoms with Crippen LogP contribution >= 0.6 is 11.6 Å². The number of anilines is 4. The number of aliphatic hydroxyl groups is 1. The Morgan fingerprint density at radius 1 is 1.08 bits per heavy atom. The molecule has 0 fully saturated rings. The molecule has 3 N–H and O–H groups in total. The molecule has 8 nitrogen and oxygen atoms in total. The van der Waals surface area contributed by atoms with E-state index in [1.807, 2.05) is 39.8 Å². The van der Waals surface area contributed by atoms with E-state index in [9.17, 15) is 23.9 Å². The molecule has 1 amide bonds. The largest absolute Gasteiger partial charge is 0.464 e. The van der Waals surface area contributed by atoms with E-state index in [1.165, 1.54) is 23.1 Å². The Balaban J connectivity index is 1.50. The van der Waals surface area contributed by atoms with Crippen molar-refractivity contribution in [2.45, 2.75) is 46.9 Å². The predicted molar refractivity (Wildman–Crippen MR) is 148 cm³/mol. The molecule has 0 spiro atoms.